The number of nitrogens with zero attached hydrogens (tertiary/aromatic N) is 2. The van der Waals surface area contributed by atoms with E-state index in [1.807, 2.05) is 0 Å². The van der Waals surface area contributed by atoms with Crippen LogP contribution in [0.5, 0.6) is 11.5 Å². The van der Waals surface area contributed by atoms with Crippen LogP contribution >= 0.6 is 0 Å². The van der Waals surface area contributed by atoms with E-state index < -0.39 is 6.03 Å². The number of piperazine rings is 1. The minimum absolute atomic E-state index is 0.167. The number of carbonyl (C=O) groups excluding carboxylic acids is 2. The van der Waals surface area contributed by atoms with E-state index in [0.29, 0.717) is 17.2 Å². The monoisotopic (exact) mass is 410 g/mol. The highest BCUT2D eigenvalue weighted by molar-refractivity contribution is 6.01. The van der Waals surface area contributed by atoms with Gasteiger partial charge in [0.15, 0.2) is 11.5 Å². The first-order valence-corrected chi connectivity index (χ1v) is 10.0. The summed E-state index contributed by atoms with van der Waals surface area (Å²) < 4.78 is 10.5. The molecule has 0 spiro atoms. The number of aryl methyl sites for hydroxylation is 1. The molecule has 2 aromatic rings. The molecule has 158 valence electrons. The SMILES string of the molecule is Cc1cccc(N2CCN(CC(=O)NC(=O)Nc3ccc4c(c3)OCO4)CC2)c1C. The summed E-state index contributed by atoms with van der Waals surface area (Å²) in [5.41, 5.74) is 4.36. The Balaban J connectivity index is 1.24. The van der Waals surface area contributed by atoms with Crippen LogP contribution in [0.2, 0.25) is 0 Å². The Kier molecular flexibility index (Phi) is 5.76. The number of nitrogens with one attached hydrogen (secondary N) is 2. The highest BCUT2D eigenvalue weighted by Gasteiger charge is 2.21. The molecule has 0 radical (unpaired) electrons. The molecule has 2 aliphatic rings. The molecule has 8 heteroatoms. The molecule has 2 aromatic carbocycles. The average Bonchev–Trinajstić information content (AvgIpc) is 3.18. The van der Waals surface area contributed by atoms with Crippen molar-refractivity contribution in [2.75, 3.05) is 49.7 Å². The molecule has 4 rings (SSSR count). The van der Waals surface area contributed by atoms with E-state index in [1.54, 1.807) is 18.2 Å². The number of amides is 3. The number of rotatable bonds is 4. The Bertz CT molecular complexity index is 954. The van der Waals surface area contributed by atoms with Crippen LogP contribution < -0.4 is 25.0 Å². The van der Waals surface area contributed by atoms with Gasteiger partial charge in [-0.05, 0) is 43.2 Å². The first-order valence-electron chi connectivity index (χ1n) is 10.0. The summed E-state index contributed by atoms with van der Waals surface area (Å²) in [6.07, 6.45) is 0. The zero-order valence-electron chi connectivity index (χ0n) is 17.2. The quantitative estimate of drug-likeness (QED) is 0.806. The second-order valence-electron chi connectivity index (χ2n) is 7.55. The third-order valence-corrected chi connectivity index (χ3v) is 5.54. The minimum atomic E-state index is -0.562. The fourth-order valence-electron chi connectivity index (χ4n) is 3.73. The molecule has 8 nitrogen and oxygen atoms in total. The smallest absolute Gasteiger partial charge is 0.325 e. The maximum atomic E-state index is 12.3. The molecule has 0 atom stereocenters. The van der Waals surface area contributed by atoms with Gasteiger partial charge in [0.2, 0.25) is 12.7 Å². The summed E-state index contributed by atoms with van der Waals surface area (Å²) in [5.74, 6) is 0.881. The predicted octanol–water partition coefficient (Wildman–Crippen LogP) is 2.50. The summed E-state index contributed by atoms with van der Waals surface area (Å²) >= 11 is 0. The van der Waals surface area contributed by atoms with Crippen LogP contribution in [0.1, 0.15) is 11.1 Å². The van der Waals surface area contributed by atoms with Crippen LogP contribution in [0.15, 0.2) is 36.4 Å². The standard InChI is InChI=1S/C22H26N4O4/c1-15-4-3-5-18(16(15)2)26-10-8-25(9-11-26)13-21(27)24-22(28)23-17-6-7-19-20(12-17)30-14-29-19/h3-7,12H,8-11,13-14H2,1-2H3,(H2,23,24,27,28). The summed E-state index contributed by atoms with van der Waals surface area (Å²) in [7, 11) is 0. The van der Waals surface area contributed by atoms with Crippen molar-refractivity contribution in [1.29, 1.82) is 0 Å². The van der Waals surface area contributed by atoms with E-state index in [9.17, 15) is 9.59 Å². The lowest BCUT2D eigenvalue weighted by molar-refractivity contribution is -0.121. The lowest BCUT2D eigenvalue weighted by Crippen LogP contribution is -2.50. The van der Waals surface area contributed by atoms with E-state index in [-0.39, 0.29) is 19.2 Å². The van der Waals surface area contributed by atoms with Gasteiger partial charge in [-0.25, -0.2) is 4.79 Å². The van der Waals surface area contributed by atoms with Crippen molar-refractivity contribution in [3.05, 3.63) is 47.5 Å². The Labute approximate surface area is 175 Å². The van der Waals surface area contributed by atoms with Crippen molar-refractivity contribution in [2.24, 2.45) is 0 Å². The van der Waals surface area contributed by atoms with Gasteiger partial charge in [-0.3, -0.25) is 15.0 Å². The van der Waals surface area contributed by atoms with Crippen LogP contribution in [-0.2, 0) is 4.79 Å². The largest absolute Gasteiger partial charge is 0.454 e. The summed E-state index contributed by atoms with van der Waals surface area (Å²) in [5, 5.41) is 5.03. The highest BCUT2D eigenvalue weighted by Crippen LogP contribution is 2.34. The maximum Gasteiger partial charge on any atom is 0.325 e. The van der Waals surface area contributed by atoms with Crippen molar-refractivity contribution in [3.8, 4) is 11.5 Å². The highest BCUT2D eigenvalue weighted by atomic mass is 16.7. The third kappa shape index (κ3) is 4.49. The van der Waals surface area contributed by atoms with E-state index in [0.717, 1.165) is 26.2 Å². The number of imide groups is 1. The molecule has 0 saturated carbocycles. The van der Waals surface area contributed by atoms with Gasteiger partial charge in [-0.15, -0.1) is 0 Å². The number of hydrogen-bond acceptors (Lipinski definition) is 6. The Morgan fingerprint density at radius 1 is 1.00 bits per heavy atom. The van der Waals surface area contributed by atoms with Gasteiger partial charge in [0, 0.05) is 43.6 Å². The van der Waals surface area contributed by atoms with Gasteiger partial charge in [0.25, 0.3) is 0 Å². The first kappa shape index (κ1) is 20.0. The molecule has 2 N–H and O–H groups in total. The van der Waals surface area contributed by atoms with Gasteiger partial charge >= 0.3 is 6.03 Å². The van der Waals surface area contributed by atoms with Crippen molar-refractivity contribution >= 4 is 23.3 Å². The molecule has 2 heterocycles. The fraction of sp³-hybridized carbons (Fsp3) is 0.364. The molecule has 0 aliphatic carbocycles. The van der Waals surface area contributed by atoms with Gasteiger partial charge in [-0.2, -0.15) is 0 Å². The van der Waals surface area contributed by atoms with Crippen LogP contribution in [0.25, 0.3) is 0 Å². The topological polar surface area (TPSA) is 83.1 Å². The zero-order chi connectivity index (χ0) is 21.1. The summed E-state index contributed by atoms with van der Waals surface area (Å²) in [6, 6.07) is 10.9. The van der Waals surface area contributed by atoms with Gasteiger partial charge < -0.3 is 19.7 Å². The van der Waals surface area contributed by atoms with Crippen molar-refractivity contribution in [3.63, 3.8) is 0 Å². The molecule has 3 amide bonds. The fourth-order valence-corrected chi connectivity index (χ4v) is 3.73. The molecule has 1 fully saturated rings. The van der Waals surface area contributed by atoms with Crippen molar-refractivity contribution < 1.29 is 19.1 Å². The number of hydrogen-bond donors (Lipinski definition) is 2. The Morgan fingerprint density at radius 3 is 2.57 bits per heavy atom. The van der Waals surface area contributed by atoms with E-state index >= 15 is 0 Å². The third-order valence-electron chi connectivity index (χ3n) is 5.54. The van der Waals surface area contributed by atoms with Gasteiger partial charge in [0.05, 0.1) is 6.54 Å². The Morgan fingerprint density at radius 2 is 1.77 bits per heavy atom. The van der Waals surface area contributed by atoms with E-state index in [1.165, 1.54) is 16.8 Å². The van der Waals surface area contributed by atoms with Crippen LogP contribution in [0.4, 0.5) is 16.2 Å². The maximum absolute atomic E-state index is 12.3. The van der Waals surface area contributed by atoms with Crippen molar-refractivity contribution in [1.82, 2.24) is 10.2 Å². The normalized spacial score (nSPS) is 15.7. The molecule has 2 aliphatic heterocycles. The molecule has 0 aromatic heterocycles. The van der Waals surface area contributed by atoms with E-state index in [4.69, 9.17) is 9.47 Å². The second-order valence-corrected chi connectivity index (χ2v) is 7.55. The number of anilines is 2. The first-order chi connectivity index (χ1) is 14.5. The number of urea groups is 1. The summed E-state index contributed by atoms with van der Waals surface area (Å²) in [6.45, 7) is 7.85. The molecule has 0 bridgehead atoms. The summed E-state index contributed by atoms with van der Waals surface area (Å²) in [4.78, 5) is 28.8. The number of fused-ring (bicyclic) bond motifs is 1. The van der Waals surface area contributed by atoms with Crippen LogP contribution in [0.3, 0.4) is 0 Å². The number of benzene rings is 2. The Hall–Kier alpha value is -3.26. The van der Waals surface area contributed by atoms with Gasteiger partial charge in [0.1, 0.15) is 0 Å². The molecule has 1 saturated heterocycles. The predicted molar refractivity (Wildman–Crippen MR) is 114 cm³/mol. The zero-order valence-corrected chi connectivity index (χ0v) is 17.2. The minimum Gasteiger partial charge on any atom is -0.454 e. The lowest BCUT2D eigenvalue weighted by Gasteiger charge is -2.36. The molecule has 0 unspecified atom stereocenters. The number of carbonyl (C=O) groups is 2. The van der Waals surface area contributed by atoms with Crippen molar-refractivity contribution in [2.45, 2.75) is 13.8 Å². The molecular formula is C22H26N4O4. The lowest BCUT2D eigenvalue weighted by atomic mass is 10.1. The molecule has 30 heavy (non-hydrogen) atoms. The van der Waals surface area contributed by atoms with Crippen LogP contribution in [0, 0.1) is 13.8 Å². The van der Waals surface area contributed by atoms with E-state index in [2.05, 4.69) is 52.5 Å². The molecular weight excluding hydrogens is 384 g/mol. The van der Waals surface area contributed by atoms with Crippen LogP contribution in [-0.4, -0.2) is 56.4 Å². The second kappa shape index (κ2) is 8.62. The average molecular weight is 410 g/mol. The van der Waals surface area contributed by atoms with Gasteiger partial charge in [-0.1, -0.05) is 12.1 Å². The number of ether oxygens (including phenoxy) is 2.